The molecule has 0 radical (unpaired) electrons. The minimum atomic E-state index is -0.353. The molecule has 6 heteroatoms. The normalized spacial score (nSPS) is 12.2. The van der Waals surface area contributed by atoms with Crippen molar-refractivity contribution >= 4 is 29.2 Å². The van der Waals surface area contributed by atoms with Gasteiger partial charge in [-0.15, -0.1) is 11.3 Å². The zero-order chi connectivity index (χ0) is 21.5. The van der Waals surface area contributed by atoms with Crippen molar-refractivity contribution in [2.24, 2.45) is 0 Å². The van der Waals surface area contributed by atoms with Gasteiger partial charge in [0, 0.05) is 10.4 Å². The molecule has 1 atom stereocenters. The number of aryl methyl sites for hydroxylation is 1. The van der Waals surface area contributed by atoms with Gasteiger partial charge in [0.2, 0.25) is 0 Å². The van der Waals surface area contributed by atoms with E-state index in [4.69, 9.17) is 4.74 Å². The van der Waals surface area contributed by atoms with Crippen molar-refractivity contribution in [3.8, 4) is 5.75 Å². The van der Waals surface area contributed by atoms with Crippen LogP contribution in [0.15, 0.2) is 71.7 Å². The SMILES string of the molecule is COc1ccc([C@H](C)NC(=O)/C(=C/c2cccs2)NC(=O)c2ccccc2C)cc1. The average molecular weight is 421 g/mol. The molecule has 0 saturated heterocycles. The Kier molecular flexibility index (Phi) is 7.03. The highest BCUT2D eigenvalue weighted by molar-refractivity contribution is 7.10. The van der Waals surface area contributed by atoms with Gasteiger partial charge >= 0.3 is 0 Å². The first-order valence-corrected chi connectivity index (χ1v) is 10.4. The Morgan fingerprint density at radius 1 is 1.03 bits per heavy atom. The predicted octanol–water partition coefficient (Wildman–Crippen LogP) is 4.71. The van der Waals surface area contributed by atoms with Gasteiger partial charge in [0.15, 0.2) is 0 Å². The van der Waals surface area contributed by atoms with E-state index in [1.54, 1.807) is 25.3 Å². The van der Waals surface area contributed by atoms with Crippen molar-refractivity contribution in [1.29, 1.82) is 0 Å². The number of carbonyl (C=O) groups is 2. The zero-order valence-corrected chi connectivity index (χ0v) is 18.0. The number of carbonyl (C=O) groups excluding carboxylic acids is 2. The van der Waals surface area contributed by atoms with Gasteiger partial charge in [-0.2, -0.15) is 0 Å². The summed E-state index contributed by atoms with van der Waals surface area (Å²) in [7, 11) is 1.61. The van der Waals surface area contributed by atoms with Gasteiger partial charge < -0.3 is 15.4 Å². The second kappa shape index (κ2) is 9.89. The number of rotatable bonds is 7. The van der Waals surface area contributed by atoms with Crippen molar-refractivity contribution in [3.05, 3.63) is 93.3 Å². The Morgan fingerprint density at radius 3 is 2.40 bits per heavy atom. The summed E-state index contributed by atoms with van der Waals surface area (Å²) in [4.78, 5) is 26.7. The largest absolute Gasteiger partial charge is 0.497 e. The van der Waals surface area contributed by atoms with Gasteiger partial charge in [-0.1, -0.05) is 36.4 Å². The number of benzene rings is 2. The number of hydrogen-bond donors (Lipinski definition) is 2. The van der Waals surface area contributed by atoms with Crippen LogP contribution >= 0.6 is 11.3 Å². The highest BCUT2D eigenvalue weighted by Crippen LogP contribution is 2.19. The number of amides is 2. The lowest BCUT2D eigenvalue weighted by Gasteiger charge is -2.17. The van der Waals surface area contributed by atoms with Gasteiger partial charge in [0.1, 0.15) is 11.4 Å². The van der Waals surface area contributed by atoms with Crippen LogP contribution in [0.2, 0.25) is 0 Å². The van der Waals surface area contributed by atoms with Crippen LogP contribution < -0.4 is 15.4 Å². The molecule has 2 amide bonds. The first-order valence-electron chi connectivity index (χ1n) is 9.55. The summed E-state index contributed by atoms with van der Waals surface area (Å²) in [6.07, 6.45) is 1.69. The molecule has 3 aromatic rings. The Labute approximate surface area is 180 Å². The van der Waals surface area contributed by atoms with E-state index in [2.05, 4.69) is 10.6 Å². The number of thiophene rings is 1. The summed E-state index contributed by atoms with van der Waals surface area (Å²) in [5.41, 5.74) is 2.51. The lowest BCUT2D eigenvalue weighted by atomic mass is 10.1. The van der Waals surface area contributed by atoms with E-state index in [-0.39, 0.29) is 23.6 Å². The first kappa shape index (κ1) is 21.3. The van der Waals surface area contributed by atoms with Crippen LogP contribution in [-0.4, -0.2) is 18.9 Å². The zero-order valence-electron chi connectivity index (χ0n) is 17.1. The Balaban J connectivity index is 1.80. The molecule has 154 valence electrons. The third-order valence-electron chi connectivity index (χ3n) is 4.68. The molecule has 0 saturated carbocycles. The maximum absolute atomic E-state index is 13.0. The Bertz CT molecular complexity index is 1040. The summed E-state index contributed by atoms with van der Waals surface area (Å²) in [6.45, 7) is 3.76. The summed E-state index contributed by atoms with van der Waals surface area (Å²) in [6, 6.07) is 18.3. The molecule has 0 fully saturated rings. The fourth-order valence-corrected chi connectivity index (χ4v) is 3.60. The van der Waals surface area contributed by atoms with Crippen molar-refractivity contribution in [3.63, 3.8) is 0 Å². The van der Waals surface area contributed by atoms with Gasteiger partial charge in [-0.25, -0.2) is 0 Å². The van der Waals surface area contributed by atoms with Crippen LogP contribution in [0.4, 0.5) is 0 Å². The Morgan fingerprint density at radius 2 is 1.77 bits per heavy atom. The highest BCUT2D eigenvalue weighted by atomic mass is 32.1. The van der Waals surface area contributed by atoms with Crippen molar-refractivity contribution in [2.75, 3.05) is 7.11 Å². The number of nitrogens with one attached hydrogen (secondary N) is 2. The molecule has 2 aromatic carbocycles. The van der Waals surface area contributed by atoms with Gasteiger partial charge in [-0.3, -0.25) is 9.59 Å². The smallest absolute Gasteiger partial charge is 0.268 e. The standard InChI is InChI=1S/C24H24N2O3S/c1-16-7-4-5-9-21(16)23(27)26-22(15-20-8-6-14-30-20)24(28)25-17(2)18-10-12-19(29-3)13-11-18/h4-15,17H,1-3H3,(H,25,28)(H,26,27)/b22-15-/t17-/m0/s1. The second-order valence-corrected chi connectivity index (χ2v) is 7.79. The van der Waals surface area contributed by atoms with Crippen molar-refractivity contribution < 1.29 is 14.3 Å². The van der Waals surface area contributed by atoms with E-state index in [1.165, 1.54) is 11.3 Å². The van der Waals surface area contributed by atoms with E-state index >= 15 is 0 Å². The molecule has 3 rings (SSSR count). The number of methoxy groups -OCH3 is 1. The monoisotopic (exact) mass is 420 g/mol. The molecule has 1 heterocycles. The minimum Gasteiger partial charge on any atom is -0.497 e. The quantitative estimate of drug-likeness (QED) is 0.544. The molecule has 0 aliphatic carbocycles. The topological polar surface area (TPSA) is 67.4 Å². The molecule has 2 N–H and O–H groups in total. The molecule has 0 aliphatic heterocycles. The van der Waals surface area contributed by atoms with Gasteiger partial charge in [-0.05, 0) is 60.7 Å². The van der Waals surface area contributed by atoms with Gasteiger partial charge in [0.25, 0.3) is 11.8 Å². The molecule has 0 aliphatic rings. The summed E-state index contributed by atoms with van der Waals surface area (Å²) in [5.74, 6) is 0.0814. The molecular weight excluding hydrogens is 396 g/mol. The third-order valence-corrected chi connectivity index (χ3v) is 5.50. The van der Waals surface area contributed by atoms with Crippen LogP contribution in [0.5, 0.6) is 5.75 Å². The minimum absolute atomic E-state index is 0.200. The maximum Gasteiger partial charge on any atom is 0.268 e. The fraction of sp³-hybridized carbons (Fsp3) is 0.167. The lowest BCUT2D eigenvalue weighted by Crippen LogP contribution is -2.36. The molecular formula is C24H24N2O3S. The molecule has 0 spiro atoms. The molecule has 30 heavy (non-hydrogen) atoms. The van der Waals surface area contributed by atoms with E-state index in [0.717, 1.165) is 21.8 Å². The van der Waals surface area contributed by atoms with E-state index < -0.39 is 0 Å². The van der Waals surface area contributed by atoms with E-state index in [0.29, 0.717) is 5.56 Å². The first-order chi connectivity index (χ1) is 14.5. The number of ether oxygens (including phenoxy) is 1. The van der Waals surface area contributed by atoms with E-state index in [1.807, 2.05) is 67.8 Å². The summed E-state index contributed by atoms with van der Waals surface area (Å²) < 4.78 is 5.18. The third kappa shape index (κ3) is 5.36. The summed E-state index contributed by atoms with van der Waals surface area (Å²) >= 11 is 1.49. The molecule has 0 bridgehead atoms. The molecule has 0 unspecified atom stereocenters. The maximum atomic E-state index is 13.0. The highest BCUT2D eigenvalue weighted by Gasteiger charge is 2.18. The van der Waals surface area contributed by atoms with Crippen molar-refractivity contribution in [1.82, 2.24) is 10.6 Å². The van der Waals surface area contributed by atoms with E-state index in [9.17, 15) is 9.59 Å². The predicted molar refractivity (Wildman–Crippen MR) is 120 cm³/mol. The second-order valence-electron chi connectivity index (χ2n) is 6.81. The Hall–Kier alpha value is -3.38. The van der Waals surface area contributed by atoms with Crippen LogP contribution in [0, 0.1) is 6.92 Å². The molecule has 1 aromatic heterocycles. The molecule has 5 nitrogen and oxygen atoms in total. The van der Waals surface area contributed by atoms with Crippen LogP contribution in [-0.2, 0) is 4.79 Å². The van der Waals surface area contributed by atoms with Crippen LogP contribution in [0.3, 0.4) is 0 Å². The van der Waals surface area contributed by atoms with Gasteiger partial charge in [0.05, 0.1) is 13.2 Å². The summed E-state index contributed by atoms with van der Waals surface area (Å²) in [5, 5.41) is 7.66. The number of hydrogen-bond acceptors (Lipinski definition) is 4. The fourth-order valence-electron chi connectivity index (χ4n) is 2.94. The van der Waals surface area contributed by atoms with Crippen molar-refractivity contribution in [2.45, 2.75) is 19.9 Å². The average Bonchev–Trinajstić information content (AvgIpc) is 3.26. The lowest BCUT2D eigenvalue weighted by molar-refractivity contribution is -0.118. The van der Waals surface area contributed by atoms with Crippen LogP contribution in [0.25, 0.3) is 6.08 Å². The van der Waals surface area contributed by atoms with Crippen LogP contribution in [0.1, 0.15) is 39.3 Å².